The minimum atomic E-state index is -1.01. The lowest BCUT2D eigenvalue weighted by atomic mass is 10.1. The van der Waals surface area contributed by atoms with Gasteiger partial charge in [0.05, 0.1) is 0 Å². The zero-order valence-electron chi connectivity index (χ0n) is 14.3. The van der Waals surface area contributed by atoms with E-state index in [1.807, 2.05) is 62.5 Å². The number of aryl methyl sites for hydroxylation is 1. The van der Waals surface area contributed by atoms with Crippen LogP contribution >= 0.6 is 11.8 Å². The molecular formula is C20H16N2O3S. The summed E-state index contributed by atoms with van der Waals surface area (Å²) in [5.74, 6) is -1.01. The van der Waals surface area contributed by atoms with Gasteiger partial charge in [-0.3, -0.25) is 0 Å². The Morgan fingerprint density at radius 3 is 2.69 bits per heavy atom. The van der Waals surface area contributed by atoms with E-state index in [4.69, 9.17) is 4.42 Å². The molecule has 0 aliphatic carbocycles. The average molecular weight is 364 g/mol. The third-order valence-corrected chi connectivity index (χ3v) is 5.27. The number of aromatic nitrogens is 2. The molecule has 0 unspecified atom stereocenters. The fourth-order valence-corrected chi connectivity index (χ4v) is 3.71. The van der Waals surface area contributed by atoms with Crippen LogP contribution in [0.25, 0.3) is 28.1 Å². The topological polar surface area (TPSA) is 68.3 Å². The van der Waals surface area contributed by atoms with Crippen LogP contribution in [-0.2, 0) is 11.8 Å². The molecule has 0 aliphatic heterocycles. The second kappa shape index (κ2) is 6.38. The first-order valence-electron chi connectivity index (χ1n) is 8.07. The van der Waals surface area contributed by atoms with Gasteiger partial charge in [0.25, 0.3) is 5.22 Å². The predicted molar refractivity (Wildman–Crippen MR) is 103 cm³/mol. The van der Waals surface area contributed by atoms with Crippen LogP contribution in [0.3, 0.4) is 0 Å². The van der Waals surface area contributed by atoms with E-state index in [0.29, 0.717) is 16.3 Å². The van der Waals surface area contributed by atoms with Gasteiger partial charge in [0.1, 0.15) is 10.4 Å². The number of hydrogen-bond acceptors (Lipinski definition) is 4. The highest BCUT2D eigenvalue weighted by atomic mass is 32.2. The molecule has 0 atom stereocenters. The monoisotopic (exact) mass is 364 g/mol. The molecular weight excluding hydrogens is 348 g/mol. The zero-order valence-corrected chi connectivity index (χ0v) is 15.1. The standard InChI is InChI=1S/C20H16N2O3S/c1-12-14(13-7-3-5-9-16(13)22(12)2)11-18(19(23)24)26-20-21-15-8-4-6-10-17(15)25-20/h3-11H,1-2H3,(H,23,24)/b18-11-. The van der Waals surface area contributed by atoms with Crippen molar-refractivity contribution in [3.8, 4) is 0 Å². The maximum absolute atomic E-state index is 11.8. The highest BCUT2D eigenvalue weighted by molar-refractivity contribution is 8.03. The molecule has 0 saturated heterocycles. The van der Waals surface area contributed by atoms with Crippen LogP contribution in [0.5, 0.6) is 0 Å². The Kier molecular flexibility index (Phi) is 4.05. The first-order valence-corrected chi connectivity index (χ1v) is 8.88. The summed E-state index contributed by atoms with van der Waals surface area (Å²) < 4.78 is 7.71. The van der Waals surface area contributed by atoms with E-state index in [1.165, 1.54) is 0 Å². The van der Waals surface area contributed by atoms with Crippen molar-refractivity contribution < 1.29 is 14.3 Å². The van der Waals surface area contributed by atoms with E-state index in [1.54, 1.807) is 6.08 Å². The third-order valence-electron chi connectivity index (χ3n) is 4.41. The van der Waals surface area contributed by atoms with E-state index in [0.717, 1.165) is 33.9 Å². The van der Waals surface area contributed by atoms with Crippen LogP contribution in [0.4, 0.5) is 0 Å². The lowest BCUT2D eigenvalue weighted by Crippen LogP contribution is -1.97. The van der Waals surface area contributed by atoms with Gasteiger partial charge in [0, 0.05) is 29.2 Å². The molecule has 2 aromatic heterocycles. The molecule has 0 fully saturated rings. The summed E-state index contributed by atoms with van der Waals surface area (Å²) in [4.78, 5) is 16.3. The number of benzene rings is 2. The number of carboxylic acid groups (broad SMARTS) is 1. The molecule has 0 saturated carbocycles. The summed E-state index contributed by atoms with van der Waals surface area (Å²) >= 11 is 1.02. The van der Waals surface area contributed by atoms with Crippen molar-refractivity contribution in [2.24, 2.45) is 7.05 Å². The first-order chi connectivity index (χ1) is 12.5. The molecule has 26 heavy (non-hydrogen) atoms. The number of carboxylic acids is 1. The summed E-state index contributed by atoms with van der Waals surface area (Å²) in [7, 11) is 1.98. The number of carbonyl (C=O) groups is 1. The van der Waals surface area contributed by atoms with Gasteiger partial charge in [-0.1, -0.05) is 30.3 Å². The quantitative estimate of drug-likeness (QED) is 0.414. The van der Waals surface area contributed by atoms with Gasteiger partial charge < -0.3 is 14.1 Å². The molecule has 0 radical (unpaired) electrons. The van der Waals surface area contributed by atoms with Gasteiger partial charge in [-0.15, -0.1) is 0 Å². The van der Waals surface area contributed by atoms with Gasteiger partial charge >= 0.3 is 5.97 Å². The second-order valence-corrected chi connectivity index (χ2v) is 6.93. The molecule has 2 heterocycles. The Labute approximate surface area is 153 Å². The van der Waals surface area contributed by atoms with E-state index >= 15 is 0 Å². The van der Waals surface area contributed by atoms with E-state index in [-0.39, 0.29) is 4.91 Å². The number of rotatable bonds is 4. The van der Waals surface area contributed by atoms with Crippen LogP contribution in [0, 0.1) is 6.92 Å². The molecule has 0 bridgehead atoms. The van der Waals surface area contributed by atoms with Crippen LogP contribution in [-0.4, -0.2) is 20.6 Å². The molecule has 4 rings (SSSR count). The molecule has 0 amide bonds. The van der Waals surface area contributed by atoms with Crippen LogP contribution in [0.15, 0.2) is 63.1 Å². The SMILES string of the molecule is Cc1c(/C=C(\Sc2nc3ccccc3o2)C(=O)O)c2ccccc2n1C. The molecule has 1 N–H and O–H groups in total. The van der Waals surface area contributed by atoms with Gasteiger partial charge in [-0.2, -0.15) is 0 Å². The minimum Gasteiger partial charge on any atom is -0.477 e. The molecule has 5 nitrogen and oxygen atoms in total. The number of nitrogens with zero attached hydrogens (tertiary/aromatic N) is 2. The predicted octanol–water partition coefficient (Wildman–Crippen LogP) is 4.85. The summed E-state index contributed by atoms with van der Waals surface area (Å²) in [5, 5.41) is 11.0. The van der Waals surface area contributed by atoms with Crippen molar-refractivity contribution in [3.05, 3.63) is 64.7 Å². The van der Waals surface area contributed by atoms with Crippen molar-refractivity contribution in [2.45, 2.75) is 12.1 Å². The zero-order chi connectivity index (χ0) is 18.3. The summed E-state index contributed by atoms with van der Waals surface area (Å²) in [6, 6.07) is 15.3. The maximum Gasteiger partial charge on any atom is 0.342 e. The van der Waals surface area contributed by atoms with Gasteiger partial charge in [-0.25, -0.2) is 9.78 Å². The Morgan fingerprint density at radius 2 is 1.92 bits per heavy atom. The lowest BCUT2D eigenvalue weighted by molar-refractivity contribution is -0.131. The van der Waals surface area contributed by atoms with Gasteiger partial charge in [0.2, 0.25) is 0 Å². The normalized spacial score (nSPS) is 12.2. The lowest BCUT2D eigenvalue weighted by Gasteiger charge is -2.01. The summed E-state index contributed by atoms with van der Waals surface area (Å²) in [6.07, 6.45) is 1.69. The molecule has 0 spiro atoms. The molecule has 6 heteroatoms. The van der Waals surface area contributed by atoms with Crippen molar-refractivity contribution in [1.29, 1.82) is 0 Å². The van der Waals surface area contributed by atoms with Gasteiger partial charge in [-0.05, 0) is 43.0 Å². The molecule has 0 aliphatic rings. The van der Waals surface area contributed by atoms with Crippen molar-refractivity contribution in [1.82, 2.24) is 9.55 Å². The summed E-state index contributed by atoms with van der Waals surface area (Å²) in [5.41, 5.74) is 4.31. The molecule has 2 aromatic carbocycles. The smallest absolute Gasteiger partial charge is 0.342 e. The van der Waals surface area contributed by atoms with Crippen LogP contribution in [0.1, 0.15) is 11.3 Å². The number of oxazole rings is 1. The fraction of sp³-hybridized carbons (Fsp3) is 0.100. The van der Waals surface area contributed by atoms with Crippen molar-refractivity contribution in [2.75, 3.05) is 0 Å². The minimum absolute atomic E-state index is 0.163. The van der Waals surface area contributed by atoms with E-state index < -0.39 is 5.97 Å². The highest BCUT2D eigenvalue weighted by Crippen LogP contribution is 2.33. The second-order valence-electron chi connectivity index (χ2n) is 5.94. The van der Waals surface area contributed by atoms with Crippen LogP contribution in [0.2, 0.25) is 0 Å². The Hall–Kier alpha value is -2.99. The number of fused-ring (bicyclic) bond motifs is 2. The van der Waals surface area contributed by atoms with Crippen LogP contribution < -0.4 is 0 Å². The Morgan fingerprint density at radius 1 is 1.19 bits per heavy atom. The highest BCUT2D eigenvalue weighted by Gasteiger charge is 2.17. The number of para-hydroxylation sites is 3. The number of hydrogen-bond donors (Lipinski definition) is 1. The number of aliphatic carboxylic acids is 1. The summed E-state index contributed by atoms with van der Waals surface area (Å²) in [6.45, 7) is 1.98. The Balaban J connectivity index is 1.80. The largest absolute Gasteiger partial charge is 0.477 e. The van der Waals surface area contributed by atoms with E-state index in [9.17, 15) is 9.90 Å². The first kappa shape index (κ1) is 16.5. The fourth-order valence-electron chi connectivity index (χ4n) is 2.99. The third kappa shape index (κ3) is 2.78. The molecule has 4 aromatic rings. The van der Waals surface area contributed by atoms with Crippen molar-refractivity contribution in [3.63, 3.8) is 0 Å². The maximum atomic E-state index is 11.8. The number of thioether (sulfide) groups is 1. The van der Waals surface area contributed by atoms with Crippen molar-refractivity contribution >= 4 is 45.8 Å². The van der Waals surface area contributed by atoms with Gasteiger partial charge in [0.15, 0.2) is 5.58 Å². The van der Waals surface area contributed by atoms with E-state index in [2.05, 4.69) is 9.55 Å². The Bertz CT molecular complexity index is 1140. The average Bonchev–Trinajstić information content (AvgIpc) is 3.15. The molecule has 130 valence electrons.